The van der Waals surface area contributed by atoms with Crippen LogP contribution in [0.1, 0.15) is 34.1 Å². The summed E-state index contributed by atoms with van der Waals surface area (Å²) >= 11 is 0. The van der Waals surface area contributed by atoms with Crippen molar-refractivity contribution in [2.75, 3.05) is 0 Å². The standard InChI is InChI=1S/C20H17N3O/c1-11-7-12(2)19-15(5-6-22-19)18(11)20(24)17-9-14-8-13(10-21)3-4-16(14)23-17/h3-9,20,22-24H,1-2H3. The first-order valence-electron chi connectivity index (χ1n) is 7.86. The van der Waals surface area contributed by atoms with Gasteiger partial charge in [-0.3, -0.25) is 0 Å². The van der Waals surface area contributed by atoms with Crippen molar-refractivity contribution in [2.45, 2.75) is 20.0 Å². The molecule has 4 heteroatoms. The van der Waals surface area contributed by atoms with Crippen LogP contribution in [0, 0.1) is 25.2 Å². The number of aromatic amines is 2. The third-order valence-electron chi connectivity index (χ3n) is 4.63. The Hall–Kier alpha value is -3.03. The number of nitriles is 1. The summed E-state index contributed by atoms with van der Waals surface area (Å²) in [6, 6.07) is 13.6. The first-order chi connectivity index (χ1) is 11.6. The zero-order valence-corrected chi connectivity index (χ0v) is 13.5. The Morgan fingerprint density at radius 1 is 1.08 bits per heavy atom. The molecule has 4 nitrogen and oxygen atoms in total. The van der Waals surface area contributed by atoms with Crippen LogP contribution >= 0.6 is 0 Å². The lowest BCUT2D eigenvalue weighted by Crippen LogP contribution is -2.03. The van der Waals surface area contributed by atoms with Crippen LogP contribution in [0.15, 0.2) is 42.6 Å². The largest absolute Gasteiger partial charge is 0.382 e. The summed E-state index contributed by atoms with van der Waals surface area (Å²) in [4.78, 5) is 6.52. The van der Waals surface area contributed by atoms with Crippen LogP contribution in [0.4, 0.5) is 0 Å². The second kappa shape index (κ2) is 5.26. The highest BCUT2D eigenvalue weighted by atomic mass is 16.3. The summed E-state index contributed by atoms with van der Waals surface area (Å²) < 4.78 is 0. The van der Waals surface area contributed by atoms with Crippen molar-refractivity contribution in [1.29, 1.82) is 5.26 Å². The van der Waals surface area contributed by atoms with E-state index in [-0.39, 0.29) is 0 Å². The molecule has 4 rings (SSSR count). The molecular weight excluding hydrogens is 298 g/mol. The Morgan fingerprint density at radius 2 is 1.92 bits per heavy atom. The van der Waals surface area contributed by atoms with E-state index < -0.39 is 6.10 Å². The Kier molecular flexibility index (Phi) is 3.19. The number of nitrogens with zero attached hydrogens (tertiary/aromatic N) is 1. The Balaban J connectivity index is 1.89. The number of aliphatic hydroxyl groups excluding tert-OH is 1. The van der Waals surface area contributed by atoms with E-state index in [4.69, 9.17) is 5.26 Å². The molecular formula is C20H17N3O. The van der Waals surface area contributed by atoms with Gasteiger partial charge in [-0.05, 0) is 60.9 Å². The monoisotopic (exact) mass is 315 g/mol. The molecule has 3 N–H and O–H groups in total. The minimum atomic E-state index is -0.748. The van der Waals surface area contributed by atoms with Crippen molar-refractivity contribution in [2.24, 2.45) is 0 Å². The molecule has 2 aromatic carbocycles. The van der Waals surface area contributed by atoms with Crippen molar-refractivity contribution in [3.63, 3.8) is 0 Å². The number of nitrogens with one attached hydrogen (secondary N) is 2. The zero-order valence-electron chi connectivity index (χ0n) is 13.5. The number of rotatable bonds is 2. The molecule has 4 aromatic rings. The highest BCUT2D eigenvalue weighted by Gasteiger charge is 2.19. The van der Waals surface area contributed by atoms with Gasteiger partial charge in [0.1, 0.15) is 6.10 Å². The minimum Gasteiger partial charge on any atom is -0.382 e. The van der Waals surface area contributed by atoms with Crippen LogP contribution in [0.3, 0.4) is 0 Å². The van der Waals surface area contributed by atoms with Crippen molar-refractivity contribution >= 4 is 21.8 Å². The van der Waals surface area contributed by atoms with E-state index in [1.54, 1.807) is 6.07 Å². The molecule has 2 aromatic heterocycles. The number of H-pyrrole nitrogens is 2. The van der Waals surface area contributed by atoms with Crippen LogP contribution < -0.4 is 0 Å². The van der Waals surface area contributed by atoms with Crippen molar-refractivity contribution in [1.82, 2.24) is 9.97 Å². The van der Waals surface area contributed by atoms with Gasteiger partial charge in [-0.2, -0.15) is 5.26 Å². The van der Waals surface area contributed by atoms with E-state index in [0.29, 0.717) is 5.56 Å². The first-order valence-corrected chi connectivity index (χ1v) is 7.86. The van der Waals surface area contributed by atoms with Gasteiger partial charge in [-0.15, -0.1) is 0 Å². The van der Waals surface area contributed by atoms with Crippen LogP contribution in [0.25, 0.3) is 21.8 Å². The quantitative estimate of drug-likeness (QED) is 0.518. The lowest BCUT2D eigenvalue weighted by atomic mass is 9.95. The molecule has 118 valence electrons. The lowest BCUT2D eigenvalue weighted by Gasteiger charge is -2.15. The highest BCUT2D eigenvalue weighted by molar-refractivity contribution is 5.88. The van der Waals surface area contributed by atoms with Crippen LogP contribution in [-0.4, -0.2) is 15.1 Å². The van der Waals surface area contributed by atoms with Gasteiger partial charge in [-0.1, -0.05) is 6.07 Å². The molecule has 0 radical (unpaired) electrons. The number of benzene rings is 2. The second-order valence-corrected chi connectivity index (χ2v) is 6.23. The van der Waals surface area contributed by atoms with Gasteiger partial charge >= 0.3 is 0 Å². The summed E-state index contributed by atoms with van der Waals surface area (Å²) in [6.07, 6.45) is 1.15. The van der Waals surface area contributed by atoms with Gasteiger partial charge in [0.05, 0.1) is 11.6 Å². The number of hydrogen-bond donors (Lipinski definition) is 3. The van der Waals surface area contributed by atoms with Gasteiger partial charge in [-0.25, -0.2) is 0 Å². The maximum Gasteiger partial charge on any atom is 0.120 e. The molecule has 0 bridgehead atoms. The molecule has 0 saturated heterocycles. The summed E-state index contributed by atoms with van der Waals surface area (Å²) in [6.45, 7) is 4.09. The number of aryl methyl sites for hydroxylation is 2. The van der Waals surface area contributed by atoms with Gasteiger partial charge in [0.2, 0.25) is 0 Å². The van der Waals surface area contributed by atoms with Gasteiger partial charge < -0.3 is 15.1 Å². The molecule has 0 fully saturated rings. The number of aliphatic hydroxyl groups is 1. The highest BCUT2D eigenvalue weighted by Crippen LogP contribution is 2.34. The lowest BCUT2D eigenvalue weighted by molar-refractivity contribution is 0.217. The average Bonchev–Trinajstić information content (AvgIpc) is 3.20. The molecule has 2 heterocycles. The second-order valence-electron chi connectivity index (χ2n) is 6.23. The van der Waals surface area contributed by atoms with Gasteiger partial charge in [0, 0.05) is 33.7 Å². The van der Waals surface area contributed by atoms with Crippen molar-refractivity contribution < 1.29 is 5.11 Å². The normalized spacial score (nSPS) is 12.6. The Morgan fingerprint density at radius 3 is 2.71 bits per heavy atom. The summed E-state index contributed by atoms with van der Waals surface area (Å²) in [7, 11) is 0. The third kappa shape index (κ3) is 2.10. The van der Waals surface area contributed by atoms with Gasteiger partial charge in [0.25, 0.3) is 0 Å². The maximum absolute atomic E-state index is 11.0. The molecule has 0 aliphatic carbocycles. The van der Waals surface area contributed by atoms with E-state index >= 15 is 0 Å². The molecule has 0 spiro atoms. The van der Waals surface area contributed by atoms with Crippen LogP contribution in [0.5, 0.6) is 0 Å². The molecule has 0 saturated carbocycles. The number of fused-ring (bicyclic) bond motifs is 2. The van der Waals surface area contributed by atoms with E-state index in [1.807, 2.05) is 37.4 Å². The predicted molar refractivity (Wildman–Crippen MR) is 94.8 cm³/mol. The van der Waals surface area contributed by atoms with E-state index in [9.17, 15) is 5.11 Å². The Bertz CT molecular complexity index is 1110. The SMILES string of the molecule is Cc1cc(C)c2[nH]ccc2c1C(O)c1cc2cc(C#N)ccc2[nH]1. The molecule has 0 aliphatic heterocycles. The molecule has 1 unspecified atom stereocenters. The van der Waals surface area contributed by atoms with Crippen LogP contribution in [0.2, 0.25) is 0 Å². The predicted octanol–water partition coefficient (Wildman–Crippen LogP) is 4.22. The summed E-state index contributed by atoms with van der Waals surface area (Å²) in [5, 5.41) is 22.0. The fraction of sp³-hybridized carbons (Fsp3) is 0.150. The molecule has 0 aliphatic rings. The summed E-state index contributed by atoms with van der Waals surface area (Å²) in [5.41, 5.74) is 6.44. The number of hydrogen-bond acceptors (Lipinski definition) is 2. The maximum atomic E-state index is 11.0. The minimum absolute atomic E-state index is 0.613. The van der Waals surface area contributed by atoms with E-state index in [1.165, 1.54) is 5.56 Å². The molecule has 24 heavy (non-hydrogen) atoms. The van der Waals surface area contributed by atoms with Crippen LogP contribution in [-0.2, 0) is 0 Å². The molecule has 0 amide bonds. The summed E-state index contributed by atoms with van der Waals surface area (Å²) in [5.74, 6) is 0. The topological polar surface area (TPSA) is 75.6 Å². The fourth-order valence-corrected chi connectivity index (χ4v) is 3.50. The smallest absolute Gasteiger partial charge is 0.120 e. The number of aromatic nitrogens is 2. The Labute approximate surface area is 139 Å². The third-order valence-corrected chi connectivity index (χ3v) is 4.63. The zero-order chi connectivity index (χ0) is 16.8. The average molecular weight is 315 g/mol. The van der Waals surface area contributed by atoms with Crippen molar-refractivity contribution in [3.05, 3.63) is 70.5 Å². The molecule has 1 atom stereocenters. The first kappa shape index (κ1) is 14.6. The van der Waals surface area contributed by atoms with E-state index in [2.05, 4.69) is 29.0 Å². The van der Waals surface area contributed by atoms with Crippen molar-refractivity contribution in [3.8, 4) is 6.07 Å². The fourth-order valence-electron chi connectivity index (χ4n) is 3.50. The van der Waals surface area contributed by atoms with Gasteiger partial charge in [0.15, 0.2) is 0 Å². The van der Waals surface area contributed by atoms with E-state index in [0.717, 1.165) is 38.6 Å².